The Morgan fingerprint density at radius 3 is 2.35 bits per heavy atom. The van der Waals surface area contributed by atoms with Gasteiger partial charge in [0.2, 0.25) is 10.0 Å². The molecule has 3 rings (SSSR count). The van der Waals surface area contributed by atoms with Gasteiger partial charge in [0, 0.05) is 13.6 Å². The van der Waals surface area contributed by atoms with Crippen molar-refractivity contribution in [2.24, 2.45) is 0 Å². The molecule has 0 bridgehead atoms. The second-order valence-electron chi connectivity index (χ2n) is 7.23. The number of sulfonamides is 1. The third kappa shape index (κ3) is 6.13. The Kier molecular flexibility index (Phi) is 8.24. The van der Waals surface area contributed by atoms with Gasteiger partial charge in [0.25, 0.3) is 0 Å². The van der Waals surface area contributed by atoms with Gasteiger partial charge in [-0.3, -0.25) is 0 Å². The van der Waals surface area contributed by atoms with Gasteiger partial charge in [-0.25, -0.2) is 13.2 Å². The molecule has 0 amide bonds. The average molecular weight is 481 g/mol. The third-order valence-electron chi connectivity index (χ3n) is 4.90. The SMILES string of the molecule is COc1ccc(C(=O)OCCOc2ccc(C#N)cc2)cc1S(=O)(=O)N(C)Cc1ccccc1. The quantitative estimate of drug-likeness (QED) is 0.322. The molecule has 3 aromatic rings. The fourth-order valence-corrected chi connectivity index (χ4v) is 4.44. The van der Waals surface area contributed by atoms with Crippen LogP contribution in [0.1, 0.15) is 21.5 Å². The first kappa shape index (κ1) is 24.8. The number of ether oxygens (including phenoxy) is 3. The number of nitrogens with zero attached hydrogens (tertiary/aromatic N) is 2. The van der Waals surface area contributed by atoms with E-state index in [1.54, 1.807) is 24.3 Å². The number of rotatable bonds is 10. The van der Waals surface area contributed by atoms with E-state index in [0.29, 0.717) is 11.3 Å². The van der Waals surface area contributed by atoms with Crippen molar-refractivity contribution in [1.29, 1.82) is 5.26 Å². The topological polar surface area (TPSA) is 106 Å². The summed E-state index contributed by atoms with van der Waals surface area (Å²) in [5, 5.41) is 8.81. The number of benzene rings is 3. The zero-order valence-electron chi connectivity index (χ0n) is 18.8. The summed E-state index contributed by atoms with van der Waals surface area (Å²) in [6.07, 6.45) is 0. The molecule has 0 aliphatic rings. The lowest BCUT2D eigenvalue weighted by molar-refractivity contribution is 0.0450. The number of carbonyl (C=O) groups is 1. The smallest absolute Gasteiger partial charge is 0.338 e. The first-order valence-electron chi connectivity index (χ1n) is 10.3. The highest BCUT2D eigenvalue weighted by molar-refractivity contribution is 7.89. The standard InChI is InChI=1S/C25H24N2O6S/c1-27(18-20-6-4-3-5-7-20)34(29,30)24-16-21(10-13-23(24)31-2)25(28)33-15-14-32-22-11-8-19(17-26)9-12-22/h3-13,16H,14-15,18H2,1-2H3. The molecule has 0 spiro atoms. The highest BCUT2D eigenvalue weighted by atomic mass is 32.2. The van der Waals surface area contributed by atoms with Crippen LogP contribution >= 0.6 is 0 Å². The van der Waals surface area contributed by atoms with E-state index >= 15 is 0 Å². The lowest BCUT2D eigenvalue weighted by atomic mass is 10.2. The van der Waals surface area contributed by atoms with E-state index in [4.69, 9.17) is 19.5 Å². The normalized spacial score (nSPS) is 11.0. The van der Waals surface area contributed by atoms with Crippen LogP contribution in [0.15, 0.2) is 77.7 Å². The van der Waals surface area contributed by atoms with Crippen molar-refractivity contribution >= 4 is 16.0 Å². The van der Waals surface area contributed by atoms with Crippen LogP contribution in [0.3, 0.4) is 0 Å². The van der Waals surface area contributed by atoms with Crippen molar-refractivity contribution in [3.05, 3.63) is 89.5 Å². The molecule has 0 fully saturated rings. The van der Waals surface area contributed by atoms with E-state index in [1.165, 1.54) is 36.7 Å². The monoisotopic (exact) mass is 480 g/mol. The van der Waals surface area contributed by atoms with Crippen molar-refractivity contribution < 1.29 is 27.4 Å². The zero-order valence-corrected chi connectivity index (χ0v) is 19.6. The van der Waals surface area contributed by atoms with Gasteiger partial charge >= 0.3 is 5.97 Å². The summed E-state index contributed by atoms with van der Waals surface area (Å²) in [6.45, 7) is 0.216. The summed E-state index contributed by atoms with van der Waals surface area (Å²) < 4.78 is 43.6. The molecule has 0 radical (unpaired) electrons. The van der Waals surface area contributed by atoms with Crippen molar-refractivity contribution in [2.75, 3.05) is 27.4 Å². The Morgan fingerprint density at radius 1 is 1.00 bits per heavy atom. The Bertz CT molecular complexity index is 1270. The van der Waals surface area contributed by atoms with E-state index in [9.17, 15) is 13.2 Å². The van der Waals surface area contributed by atoms with Crippen molar-refractivity contribution in [3.8, 4) is 17.6 Å². The van der Waals surface area contributed by atoms with Gasteiger partial charge in [-0.2, -0.15) is 9.57 Å². The summed E-state index contributed by atoms with van der Waals surface area (Å²) in [7, 11) is -1.12. The Labute approximate surface area is 199 Å². The van der Waals surface area contributed by atoms with Gasteiger partial charge in [0.1, 0.15) is 29.6 Å². The maximum Gasteiger partial charge on any atom is 0.338 e. The molecule has 0 atom stereocenters. The molecule has 0 heterocycles. The first-order valence-corrected chi connectivity index (χ1v) is 11.8. The van der Waals surface area contributed by atoms with Crippen LogP contribution in [-0.2, 0) is 21.3 Å². The molecule has 0 saturated carbocycles. The molecule has 176 valence electrons. The van der Waals surface area contributed by atoms with Crippen LogP contribution < -0.4 is 9.47 Å². The van der Waals surface area contributed by atoms with Gasteiger partial charge < -0.3 is 14.2 Å². The highest BCUT2D eigenvalue weighted by Gasteiger charge is 2.26. The number of methoxy groups -OCH3 is 1. The minimum Gasteiger partial charge on any atom is -0.495 e. The summed E-state index contributed by atoms with van der Waals surface area (Å²) >= 11 is 0. The van der Waals surface area contributed by atoms with E-state index in [0.717, 1.165) is 5.56 Å². The number of esters is 1. The maximum absolute atomic E-state index is 13.2. The van der Waals surface area contributed by atoms with Crippen LogP contribution in [-0.4, -0.2) is 46.1 Å². The molecular weight excluding hydrogens is 456 g/mol. The Morgan fingerprint density at radius 2 is 1.71 bits per heavy atom. The van der Waals surface area contributed by atoms with E-state index in [-0.39, 0.29) is 36.0 Å². The minimum atomic E-state index is -3.95. The van der Waals surface area contributed by atoms with E-state index in [2.05, 4.69) is 0 Å². The minimum absolute atomic E-state index is 0.0408. The second kappa shape index (κ2) is 11.3. The fourth-order valence-electron chi connectivity index (χ4n) is 3.10. The predicted octanol–water partition coefficient (Wildman–Crippen LogP) is 3.62. The summed E-state index contributed by atoms with van der Waals surface area (Å²) in [5.74, 6) is -0.0248. The summed E-state index contributed by atoms with van der Waals surface area (Å²) in [5.41, 5.74) is 1.41. The van der Waals surface area contributed by atoms with Crippen LogP contribution in [0, 0.1) is 11.3 Å². The molecule has 8 nitrogen and oxygen atoms in total. The molecule has 9 heteroatoms. The molecule has 34 heavy (non-hydrogen) atoms. The van der Waals surface area contributed by atoms with Crippen molar-refractivity contribution in [3.63, 3.8) is 0 Å². The average Bonchev–Trinajstić information content (AvgIpc) is 2.87. The lowest BCUT2D eigenvalue weighted by Crippen LogP contribution is -2.27. The summed E-state index contributed by atoms with van der Waals surface area (Å²) in [6, 6.07) is 21.8. The van der Waals surface area contributed by atoms with E-state index < -0.39 is 16.0 Å². The van der Waals surface area contributed by atoms with Gasteiger partial charge in [0.05, 0.1) is 24.3 Å². The predicted molar refractivity (Wildman–Crippen MR) is 125 cm³/mol. The van der Waals surface area contributed by atoms with Gasteiger partial charge in [-0.05, 0) is 48.0 Å². The molecule has 0 saturated heterocycles. The van der Waals surface area contributed by atoms with Crippen LogP contribution in [0.25, 0.3) is 0 Å². The zero-order chi connectivity index (χ0) is 24.6. The molecular formula is C25H24N2O6S. The van der Waals surface area contributed by atoms with Gasteiger partial charge in [-0.15, -0.1) is 0 Å². The van der Waals surface area contributed by atoms with Crippen LogP contribution in [0.2, 0.25) is 0 Å². The summed E-state index contributed by atoms with van der Waals surface area (Å²) in [4.78, 5) is 12.4. The molecule has 0 N–H and O–H groups in total. The molecule has 0 aliphatic heterocycles. The highest BCUT2D eigenvalue weighted by Crippen LogP contribution is 2.28. The molecule has 3 aromatic carbocycles. The van der Waals surface area contributed by atoms with Gasteiger partial charge in [-0.1, -0.05) is 30.3 Å². The lowest BCUT2D eigenvalue weighted by Gasteiger charge is -2.19. The number of carbonyl (C=O) groups excluding carboxylic acids is 1. The van der Waals surface area contributed by atoms with Crippen LogP contribution in [0.5, 0.6) is 11.5 Å². The molecule has 0 aromatic heterocycles. The maximum atomic E-state index is 13.2. The van der Waals surface area contributed by atoms with E-state index in [1.807, 2.05) is 36.4 Å². The fraction of sp³-hybridized carbons (Fsp3) is 0.200. The largest absolute Gasteiger partial charge is 0.495 e. The Balaban J connectivity index is 1.67. The van der Waals surface area contributed by atoms with Crippen LogP contribution in [0.4, 0.5) is 0 Å². The molecule has 0 aliphatic carbocycles. The number of hydrogen-bond acceptors (Lipinski definition) is 7. The first-order chi connectivity index (χ1) is 16.3. The third-order valence-corrected chi connectivity index (χ3v) is 6.73. The Hall–Kier alpha value is -3.87. The van der Waals surface area contributed by atoms with Crippen molar-refractivity contribution in [1.82, 2.24) is 4.31 Å². The van der Waals surface area contributed by atoms with Crippen molar-refractivity contribution in [2.45, 2.75) is 11.4 Å². The number of nitriles is 1. The van der Waals surface area contributed by atoms with Gasteiger partial charge in [0.15, 0.2) is 0 Å². The number of hydrogen-bond donors (Lipinski definition) is 0. The second-order valence-corrected chi connectivity index (χ2v) is 9.25. The molecule has 0 unspecified atom stereocenters.